The Balaban J connectivity index is 1.72. The molecule has 1 N–H and O–H groups in total. The van der Waals surface area contributed by atoms with Gasteiger partial charge in [-0.05, 0) is 61.2 Å². The van der Waals surface area contributed by atoms with Gasteiger partial charge in [0.1, 0.15) is 0 Å². The van der Waals surface area contributed by atoms with Gasteiger partial charge in [-0.2, -0.15) is 18.4 Å². The van der Waals surface area contributed by atoms with Crippen molar-refractivity contribution < 1.29 is 8.42 Å². The highest BCUT2D eigenvalue weighted by Gasteiger charge is 2.12. The summed E-state index contributed by atoms with van der Waals surface area (Å²) in [5, 5.41) is 4.03. The van der Waals surface area contributed by atoms with Crippen molar-refractivity contribution in [3.63, 3.8) is 0 Å². The van der Waals surface area contributed by atoms with Crippen LogP contribution in [-0.4, -0.2) is 14.1 Å². The summed E-state index contributed by atoms with van der Waals surface area (Å²) >= 11 is 0. The summed E-state index contributed by atoms with van der Waals surface area (Å²) in [4.78, 5) is 2.49. The Hall–Kier alpha value is -3.18. The zero-order chi connectivity index (χ0) is 20.9. The van der Waals surface area contributed by atoms with Crippen LogP contribution in [0.4, 0.5) is 0 Å². The van der Waals surface area contributed by atoms with E-state index in [0.29, 0.717) is 5.71 Å². The van der Waals surface area contributed by atoms with Crippen LogP contribution in [0.2, 0.25) is 0 Å². The predicted octanol–water partition coefficient (Wildman–Crippen LogP) is 5.42. The van der Waals surface area contributed by atoms with Gasteiger partial charge in [0.25, 0.3) is 10.0 Å². The maximum Gasteiger partial charge on any atom is 0.276 e. The van der Waals surface area contributed by atoms with Crippen LogP contribution in [0, 0.1) is 6.92 Å². The lowest BCUT2D eigenvalue weighted by Gasteiger charge is -2.06. The third-order valence-corrected chi connectivity index (χ3v) is 5.77. The van der Waals surface area contributed by atoms with Crippen LogP contribution in [0.15, 0.2) is 94.9 Å². The van der Waals surface area contributed by atoms with E-state index in [9.17, 15) is 8.42 Å². The number of hydrogen-bond acceptors (Lipinski definition) is 3. The Morgan fingerprint density at radius 1 is 0.828 bits per heavy atom. The molecule has 0 bridgehead atoms. The fraction of sp³-hybridized carbons (Fsp3) is 0.125. The first-order valence-electron chi connectivity index (χ1n) is 9.32. The van der Waals surface area contributed by atoms with Gasteiger partial charge in [0.15, 0.2) is 0 Å². The number of aryl methyl sites for hydroxylation is 1. The summed E-state index contributed by atoms with van der Waals surface area (Å²) in [6.45, 7) is 5.65. The molecule has 0 aliphatic heterocycles. The van der Waals surface area contributed by atoms with Crippen LogP contribution in [0.3, 0.4) is 0 Å². The van der Waals surface area contributed by atoms with Crippen LogP contribution in [0.1, 0.15) is 25.0 Å². The average molecular weight is 405 g/mol. The van der Waals surface area contributed by atoms with E-state index in [1.54, 1.807) is 31.2 Å². The standard InChI is InChI=1S/C24H24N2O2S/c1-18-9-15-24(16-10-18)29(27,28)26-25-20(3)17-19(2)21-11-13-23(14-12-21)22-7-5-4-6-8-22/h4-17,26H,1-3H3. The van der Waals surface area contributed by atoms with Gasteiger partial charge >= 0.3 is 0 Å². The topological polar surface area (TPSA) is 58.5 Å². The van der Waals surface area contributed by atoms with Crippen LogP contribution in [-0.2, 0) is 10.0 Å². The minimum atomic E-state index is -3.68. The van der Waals surface area contributed by atoms with E-state index in [2.05, 4.69) is 46.3 Å². The monoisotopic (exact) mass is 404 g/mol. The fourth-order valence-corrected chi connectivity index (χ4v) is 3.75. The molecule has 148 valence electrons. The maximum absolute atomic E-state index is 12.3. The van der Waals surface area contributed by atoms with Gasteiger partial charge in [-0.1, -0.05) is 72.3 Å². The lowest BCUT2D eigenvalue weighted by molar-refractivity contribution is 0.584. The van der Waals surface area contributed by atoms with Crippen molar-refractivity contribution in [1.29, 1.82) is 0 Å². The van der Waals surface area contributed by atoms with E-state index >= 15 is 0 Å². The zero-order valence-corrected chi connectivity index (χ0v) is 17.6. The second-order valence-electron chi connectivity index (χ2n) is 6.93. The smallest absolute Gasteiger partial charge is 0.200 e. The van der Waals surface area contributed by atoms with Gasteiger partial charge in [0.2, 0.25) is 0 Å². The number of hydrazone groups is 1. The molecule has 0 atom stereocenters. The molecule has 0 aliphatic rings. The minimum Gasteiger partial charge on any atom is -0.200 e. The highest BCUT2D eigenvalue weighted by atomic mass is 32.2. The molecule has 0 radical (unpaired) electrons. The summed E-state index contributed by atoms with van der Waals surface area (Å²) in [6.07, 6.45) is 1.86. The molecule has 4 nitrogen and oxygen atoms in total. The molecule has 5 heteroatoms. The van der Waals surface area contributed by atoms with Crippen molar-refractivity contribution in [2.24, 2.45) is 5.10 Å². The third kappa shape index (κ3) is 5.42. The van der Waals surface area contributed by atoms with Crippen LogP contribution >= 0.6 is 0 Å². The number of hydrogen-bond donors (Lipinski definition) is 1. The molecule has 0 fully saturated rings. The first kappa shape index (κ1) is 20.6. The van der Waals surface area contributed by atoms with E-state index in [4.69, 9.17) is 0 Å². The number of nitrogens with one attached hydrogen (secondary N) is 1. The van der Waals surface area contributed by atoms with Gasteiger partial charge in [-0.25, -0.2) is 0 Å². The molecule has 3 aromatic carbocycles. The van der Waals surface area contributed by atoms with E-state index in [1.165, 1.54) is 5.56 Å². The molecular formula is C24H24N2O2S. The number of nitrogens with zero attached hydrogens (tertiary/aromatic N) is 1. The van der Waals surface area contributed by atoms with Crippen LogP contribution in [0.5, 0.6) is 0 Å². The molecule has 0 unspecified atom stereocenters. The van der Waals surface area contributed by atoms with Crippen molar-refractivity contribution in [3.05, 3.63) is 96.1 Å². The molecular weight excluding hydrogens is 380 g/mol. The van der Waals surface area contributed by atoms with E-state index in [-0.39, 0.29) is 4.90 Å². The van der Waals surface area contributed by atoms with Gasteiger partial charge in [-0.3, -0.25) is 0 Å². The second kappa shape index (κ2) is 8.88. The van der Waals surface area contributed by atoms with Crippen molar-refractivity contribution >= 4 is 21.3 Å². The van der Waals surface area contributed by atoms with Gasteiger partial charge in [-0.15, -0.1) is 0 Å². The van der Waals surface area contributed by atoms with Crippen LogP contribution in [0.25, 0.3) is 16.7 Å². The fourth-order valence-electron chi connectivity index (χ4n) is 2.89. The molecule has 3 rings (SSSR count). The number of sulfonamides is 1. The van der Waals surface area contributed by atoms with Gasteiger partial charge in [0.05, 0.1) is 10.6 Å². The minimum absolute atomic E-state index is 0.192. The summed E-state index contributed by atoms with van der Waals surface area (Å²) < 4.78 is 24.7. The third-order valence-electron chi connectivity index (χ3n) is 4.55. The number of allylic oxidation sites excluding steroid dienone is 2. The molecule has 0 heterocycles. The lowest BCUT2D eigenvalue weighted by atomic mass is 10.0. The number of rotatable bonds is 6. The average Bonchev–Trinajstić information content (AvgIpc) is 2.73. The quantitative estimate of drug-likeness (QED) is 0.440. The number of benzene rings is 3. The highest BCUT2D eigenvalue weighted by Crippen LogP contribution is 2.22. The van der Waals surface area contributed by atoms with E-state index in [1.807, 2.05) is 38.1 Å². The molecule has 0 aliphatic carbocycles. The van der Waals surface area contributed by atoms with E-state index in [0.717, 1.165) is 22.3 Å². The summed E-state index contributed by atoms with van der Waals surface area (Å²) in [6, 6.07) is 25.1. The Kier molecular flexibility index (Phi) is 6.29. The van der Waals surface area contributed by atoms with Crippen molar-refractivity contribution in [3.8, 4) is 11.1 Å². The Labute approximate surface area is 172 Å². The molecule has 3 aromatic rings. The van der Waals surface area contributed by atoms with Crippen molar-refractivity contribution in [2.45, 2.75) is 25.7 Å². The van der Waals surface area contributed by atoms with Crippen molar-refractivity contribution in [1.82, 2.24) is 4.83 Å². The molecule has 0 saturated carbocycles. The Morgan fingerprint density at radius 3 is 2.03 bits per heavy atom. The Bertz CT molecular complexity index is 1130. The lowest BCUT2D eigenvalue weighted by Crippen LogP contribution is -2.19. The summed E-state index contributed by atoms with van der Waals surface area (Å²) in [5.74, 6) is 0. The molecule has 0 amide bonds. The first-order chi connectivity index (χ1) is 13.8. The first-order valence-corrected chi connectivity index (χ1v) is 10.8. The predicted molar refractivity (Wildman–Crippen MR) is 120 cm³/mol. The van der Waals surface area contributed by atoms with Crippen LogP contribution < -0.4 is 4.83 Å². The zero-order valence-electron chi connectivity index (χ0n) is 16.8. The molecule has 0 saturated heterocycles. The summed E-state index contributed by atoms with van der Waals surface area (Å²) in [7, 11) is -3.68. The van der Waals surface area contributed by atoms with Gasteiger partial charge < -0.3 is 0 Å². The maximum atomic E-state index is 12.3. The molecule has 0 aromatic heterocycles. The summed E-state index contributed by atoms with van der Waals surface area (Å²) in [5.41, 5.74) is 5.95. The van der Waals surface area contributed by atoms with Crippen molar-refractivity contribution in [2.75, 3.05) is 0 Å². The molecule has 29 heavy (non-hydrogen) atoms. The highest BCUT2D eigenvalue weighted by molar-refractivity contribution is 7.89. The second-order valence-corrected chi connectivity index (χ2v) is 8.59. The normalized spacial score (nSPS) is 12.7. The molecule has 0 spiro atoms. The Morgan fingerprint density at radius 2 is 1.41 bits per heavy atom. The largest absolute Gasteiger partial charge is 0.276 e. The van der Waals surface area contributed by atoms with Gasteiger partial charge in [0, 0.05) is 0 Å². The van der Waals surface area contributed by atoms with E-state index < -0.39 is 10.0 Å². The SMILES string of the molecule is CC(=CC(C)=NNS(=O)(=O)c1ccc(C)cc1)c1ccc(-c2ccccc2)cc1.